The number of halogens is 1. The Balaban J connectivity index is 1.89. The van der Waals surface area contributed by atoms with Crippen molar-refractivity contribution in [3.63, 3.8) is 0 Å². The monoisotopic (exact) mass is 311 g/mol. The van der Waals surface area contributed by atoms with Gasteiger partial charge in [-0.25, -0.2) is 4.39 Å². The lowest BCUT2D eigenvalue weighted by molar-refractivity contribution is -0.119. The maximum Gasteiger partial charge on any atom is 0.218 e. The lowest BCUT2D eigenvalue weighted by atomic mass is 9.67. The van der Waals surface area contributed by atoms with Crippen molar-refractivity contribution >= 4 is 5.91 Å². The third-order valence-corrected chi connectivity index (χ3v) is 5.00. The standard InChI is InChI=1S/C20H22FNO/c21-18-10-6-16(7-11-18)15-4-8-17(9-5-15)20(14-19(22)23)12-2-1-3-13-20/h4-11H,1-3,12-14H2,(H2,22,23). The predicted octanol–water partition coefficient (Wildman–Crippen LogP) is 4.57. The molecule has 1 fully saturated rings. The molecule has 1 saturated carbocycles. The Bertz CT molecular complexity index is 670. The smallest absolute Gasteiger partial charge is 0.218 e. The Kier molecular flexibility index (Phi) is 4.46. The minimum Gasteiger partial charge on any atom is -0.370 e. The zero-order chi connectivity index (χ0) is 16.3. The molecular formula is C20H22FNO. The molecule has 2 N–H and O–H groups in total. The highest BCUT2D eigenvalue weighted by molar-refractivity contribution is 5.76. The fourth-order valence-corrected chi connectivity index (χ4v) is 3.79. The van der Waals surface area contributed by atoms with Crippen molar-refractivity contribution in [2.24, 2.45) is 5.73 Å². The largest absolute Gasteiger partial charge is 0.370 e. The van der Waals surface area contributed by atoms with Gasteiger partial charge in [-0.2, -0.15) is 0 Å². The summed E-state index contributed by atoms with van der Waals surface area (Å²) in [5.41, 5.74) is 8.64. The Hall–Kier alpha value is -2.16. The van der Waals surface area contributed by atoms with Gasteiger partial charge < -0.3 is 5.73 Å². The molecule has 2 aromatic carbocycles. The van der Waals surface area contributed by atoms with Crippen LogP contribution in [0.15, 0.2) is 48.5 Å². The zero-order valence-electron chi connectivity index (χ0n) is 13.2. The van der Waals surface area contributed by atoms with Crippen molar-refractivity contribution in [2.75, 3.05) is 0 Å². The summed E-state index contributed by atoms with van der Waals surface area (Å²) in [6.07, 6.45) is 5.98. The number of hydrogen-bond acceptors (Lipinski definition) is 1. The second-order valence-corrected chi connectivity index (χ2v) is 6.57. The molecule has 0 unspecified atom stereocenters. The minimum atomic E-state index is -0.229. The second kappa shape index (κ2) is 6.53. The van der Waals surface area contributed by atoms with Crippen molar-refractivity contribution < 1.29 is 9.18 Å². The van der Waals surface area contributed by atoms with Crippen LogP contribution in [0.25, 0.3) is 11.1 Å². The first-order valence-electron chi connectivity index (χ1n) is 8.24. The molecule has 1 amide bonds. The molecular weight excluding hydrogens is 289 g/mol. The topological polar surface area (TPSA) is 43.1 Å². The van der Waals surface area contributed by atoms with Crippen LogP contribution in [-0.2, 0) is 10.2 Å². The van der Waals surface area contributed by atoms with E-state index < -0.39 is 0 Å². The summed E-state index contributed by atoms with van der Waals surface area (Å²) in [5, 5.41) is 0. The van der Waals surface area contributed by atoms with Gasteiger partial charge in [0.1, 0.15) is 5.82 Å². The molecule has 0 aliphatic heterocycles. The number of rotatable bonds is 4. The van der Waals surface area contributed by atoms with Gasteiger partial charge in [0.05, 0.1) is 0 Å². The van der Waals surface area contributed by atoms with Gasteiger partial charge in [0.25, 0.3) is 0 Å². The van der Waals surface area contributed by atoms with Crippen LogP contribution in [0.5, 0.6) is 0 Å². The zero-order valence-corrected chi connectivity index (χ0v) is 13.2. The molecule has 0 saturated heterocycles. The van der Waals surface area contributed by atoms with E-state index in [1.54, 1.807) is 12.1 Å². The van der Waals surface area contributed by atoms with E-state index >= 15 is 0 Å². The number of nitrogens with two attached hydrogens (primary N) is 1. The normalized spacial score (nSPS) is 16.9. The molecule has 0 radical (unpaired) electrons. The van der Waals surface area contributed by atoms with Gasteiger partial charge in [-0.15, -0.1) is 0 Å². The molecule has 0 aromatic heterocycles. The van der Waals surface area contributed by atoms with Crippen molar-refractivity contribution in [3.05, 3.63) is 59.9 Å². The van der Waals surface area contributed by atoms with E-state index in [2.05, 4.69) is 24.3 Å². The van der Waals surface area contributed by atoms with Crippen LogP contribution in [0.4, 0.5) is 4.39 Å². The van der Waals surface area contributed by atoms with E-state index in [0.29, 0.717) is 6.42 Å². The van der Waals surface area contributed by atoms with Crippen LogP contribution in [0.2, 0.25) is 0 Å². The number of primary amides is 1. The fourth-order valence-electron chi connectivity index (χ4n) is 3.79. The molecule has 1 aliphatic rings. The van der Waals surface area contributed by atoms with Gasteiger partial charge in [0.2, 0.25) is 5.91 Å². The van der Waals surface area contributed by atoms with E-state index in [1.807, 2.05) is 0 Å². The molecule has 0 heterocycles. The molecule has 0 bridgehead atoms. The molecule has 1 aliphatic carbocycles. The maximum absolute atomic E-state index is 13.0. The molecule has 23 heavy (non-hydrogen) atoms. The van der Waals surface area contributed by atoms with Gasteiger partial charge in [-0.3, -0.25) is 4.79 Å². The van der Waals surface area contributed by atoms with Gasteiger partial charge in [0, 0.05) is 11.8 Å². The van der Waals surface area contributed by atoms with E-state index in [0.717, 1.165) is 36.8 Å². The van der Waals surface area contributed by atoms with Gasteiger partial charge in [-0.05, 0) is 41.7 Å². The fraction of sp³-hybridized carbons (Fsp3) is 0.350. The van der Waals surface area contributed by atoms with Gasteiger partial charge in [0.15, 0.2) is 0 Å². The average molecular weight is 311 g/mol. The van der Waals surface area contributed by atoms with Gasteiger partial charge in [-0.1, -0.05) is 55.7 Å². The Morgan fingerprint density at radius 3 is 1.96 bits per heavy atom. The molecule has 2 aromatic rings. The molecule has 3 heteroatoms. The molecule has 2 nitrogen and oxygen atoms in total. The summed E-state index contributed by atoms with van der Waals surface area (Å²) in [5.74, 6) is -0.456. The highest BCUT2D eigenvalue weighted by Gasteiger charge is 2.35. The first-order valence-corrected chi connectivity index (χ1v) is 8.24. The Morgan fingerprint density at radius 1 is 0.913 bits per heavy atom. The lowest BCUT2D eigenvalue weighted by Crippen LogP contribution is -2.34. The number of benzene rings is 2. The summed E-state index contributed by atoms with van der Waals surface area (Å²) in [6, 6.07) is 14.8. The SMILES string of the molecule is NC(=O)CC1(c2ccc(-c3ccc(F)cc3)cc2)CCCCC1. The first kappa shape index (κ1) is 15.7. The summed E-state index contributed by atoms with van der Waals surface area (Å²) >= 11 is 0. The Labute approximate surface area is 136 Å². The first-order chi connectivity index (χ1) is 11.1. The van der Waals surface area contributed by atoms with Crippen LogP contribution >= 0.6 is 0 Å². The molecule has 120 valence electrons. The van der Waals surface area contributed by atoms with E-state index in [9.17, 15) is 9.18 Å². The summed E-state index contributed by atoms with van der Waals surface area (Å²) in [4.78, 5) is 11.6. The average Bonchev–Trinajstić information content (AvgIpc) is 2.56. The number of amides is 1. The molecule has 0 spiro atoms. The van der Waals surface area contributed by atoms with Crippen LogP contribution in [0.3, 0.4) is 0 Å². The Morgan fingerprint density at radius 2 is 1.43 bits per heavy atom. The van der Waals surface area contributed by atoms with Crippen molar-refractivity contribution in [1.29, 1.82) is 0 Å². The molecule has 3 rings (SSSR count). The highest BCUT2D eigenvalue weighted by Crippen LogP contribution is 2.42. The van der Waals surface area contributed by atoms with E-state index in [1.165, 1.54) is 24.1 Å². The summed E-state index contributed by atoms with van der Waals surface area (Å²) in [6.45, 7) is 0. The second-order valence-electron chi connectivity index (χ2n) is 6.57. The van der Waals surface area contributed by atoms with Gasteiger partial charge >= 0.3 is 0 Å². The van der Waals surface area contributed by atoms with Crippen molar-refractivity contribution in [2.45, 2.75) is 43.9 Å². The van der Waals surface area contributed by atoms with E-state index in [4.69, 9.17) is 5.73 Å². The van der Waals surface area contributed by atoms with Crippen LogP contribution in [-0.4, -0.2) is 5.91 Å². The number of carbonyl (C=O) groups is 1. The van der Waals surface area contributed by atoms with Crippen LogP contribution in [0, 0.1) is 5.82 Å². The lowest BCUT2D eigenvalue weighted by Gasteiger charge is -2.37. The summed E-state index contributed by atoms with van der Waals surface area (Å²) < 4.78 is 13.0. The highest BCUT2D eigenvalue weighted by atomic mass is 19.1. The molecule has 0 atom stereocenters. The minimum absolute atomic E-state index is 0.106. The quantitative estimate of drug-likeness (QED) is 0.883. The van der Waals surface area contributed by atoms with Crippen molar-refractivity contribution in [1.82, 2.24) is 0 Å². The third kappa shape index (κ3) is 3.44. The number of carbonyl (C=O) groups excluding carboxylic acids is 1. The third-order valence-electron chi connectivity index (χ3n) is 5.00. The predicted molar refractivity (Wildman–Crippen MR) is 90.4 cm³/mol. The number of hydrogen-bond donors (Lipinski definition) is 1. The maximum atomic E-state index is 13.0. The van der Waals surface area contributed by atoms with E-state index in [-0.39, 0.29) is 17.1 Å². The van der Waals surface area contributed by atoms with Crippen LogP contribution < -0.4 is 5.73 Å². The van der Waals surface area contributed by atoms with Crippen molar-refractivity contribution in [3.8, 4) is 11.1 Å². The summed E-state index contributed by atoms with van der Waals surface area (Å²) in [7, 11) is 0. The van der Waals surface area contributed by atoms with Crippen LogP contribution in [0.1, 0.15) is 44.1 Å².